The van der Waals surface area contributed by atoms with Gasteiger partial charge in [0.05, 0.1) is 11.2 Å². The molecule has 0 atom stereocenters. The summed E-state index contributed by atoms with van der Waals surface area (Å²) in [5, 5.41) is 3.76. The first-order valence-electron chi connectivity index (χ1n) is 4.94. The number of methoxy groups -OCH3 is 1. The summed E-state index contributed by atoms with van der Waals surface area (Å²) >= 11 is 0. The third-order valence-electron chi connectivity index (χ3n) is 2.18. The molecule has 0 unspecified atom stereocenters. The molecule has 2 aromatic rings. The number of pyridine rings is 1. The summed E-state index contributed by atoms with van der Waals surface area (Å²) < 4.78 is 4.76. The van der Waals surface area contributed by atoms with Crippen LogP contribution in [0.5, 0.6) is 0 Å². The van der Waals surface area contributed by atoms with Gasteiger partial charge in [0.15, 0.2) is 0 Å². The van der Waals surface area contributed by atoms with Gasteiger partial charge in [-0.25, -0.2) is 0 Å². The molecule has 4 heteroatoms. The first kappa shape index (κ1) is 10.6. The summed E-state index contributed by atoms with van der Waals surface area (Å²) in [7, 11) is 1.49. The number of fused-ring (bicyclic) bond motifs is 1. The number of carbonyl (C=O) groups excluding carboxylic acids is 1. The largest absolute Gasteiger partial charge is 0.375 e. The zero-order valence-corrected chi connectivity index (χ0v) is 8.93. The molecule has 0 bridgehead atoms. The number of anilines is 1. The molecule has 1 heterocycles. The van der Waals surface area contributed by atoms with E-state index in [0.717, 1.165) is 10.9 Å². The van der Waals surface area contributed by atoms with Crippen LogP contribution in [0, 0.1) is 0 Å². The van der Waals surface area contributed by atoms with E-state index in [9.17, 15) is 4.79 Å². The second-order valence-electron chi connectivity index (χ2n) is 3.36. The lowest BCUT2D eigenvalue weighted by molar-refractivity contribution is -0.119. The fraction of sp³-hybridized carbons (Fsp3) is 0.167. The van der Waals surface area contributed by atoms with Crippen LogP contribution in [-0.4, -0.2) is 24.6 Å². The number of rotatable bonds is 3. The Balaban J connectivity index is 2.33. The van der Waals surface area contributed by atoms with Crippen molar-refractivity contribution in [3.63, 3.8) is 0 Å². The smallest absolute Gasteiger partial charge is 0.250 e. The predicted molar refractivity (Wildman–Crippen MR) is 62.2 cm³/mol. The third kappa shape index (κ3) is 2.17. The van der Waals surface area contributed by atoms with Crippen LogP contribution >= 0.6 is 0 Å². The van der Waals surface area contributed by atoms with Crippen molar-refractivity contribution in [2.75, 3.05) is 19.0 Å². The molecular formula is C12H12N2O2. The summed E-state index contributed by atoms with van der Waals surface area (Å²) in [6.07, 6.45) is 1.70. The molecule has 82 valence electrons. The van der Waals surface area contributed by atoms with Crippen LogP contribution in [0.2, 0.25) is 0 Å². The molecule has 0 saturated heterocycles. The van der Waals surface area contributed by atoms with Gasteiger partial charge in [0, 0.05) is 18.7 Å². The van der Waals surface area contributed by atoms with Crippen molar-refractivity contribution in [3.05, 3.63) is 36.5 Å². The highest BCUT2D eigenvalue weighted by molar-refractivity contribution is 6.00. The van der Waals surface area contributed by atoms with Crippen LogP contribution in [0.3, 0.4) is 0 Å². The number of aromatic nitrogens is 1. The normalized spacial score (nSPS) is 10.3. The molecule has 1 aromatic carbocycles. The Morgan fingerprint density at radius 2 is 2.19 bits per heavy atom. The molecule has 0 saturated carbocycles. The molecule has 0 aliphatic carbocycles. The zero-order chi connectivity index (χ0) is 11.4. The average molecular weight is 216 g/mol. The maximum atomic E-state index is 11.4. The Bertz CT molecular complexity index is 506. The van der Waals surface area contributed by atoms with E-state index >= 15 is 0 Å². The van der Waals surface area contributed by atoms with Gasteiger partial charge < -0.3 is 10.1 Å². The van der Waals surface area contributed by atoms with E-state index in [1.807, 2.05) is 30.3 Å². The quantitative estimate of drug-likeness (QED) is 0.851. The number of hydrogen-bond acceptors (Lipinski definition) is 3. The molecular weight excluding hydrogens is 204 g/mol. The Labute approximate surface area is 93.3 Å². The van der Waals surface area contributed by atoms with Crippen molar-refractivity contribution >= 4 is 22.5 Å². The van der Waals surface area contributed by atoms with Crippen molar-refractivity contribution in [1.29, 1.82) is 0 Å². The van der Waals surface area contributed by atoms with Crippen molar-refractivity contribution in [3.8, 4) is 0 Å². The topological polar surface area (TPSA) is 51.2 Å². The molecule has 0 radical (unpaired) electrons. The number of hydrogen-bond donors (Lipinski definition) is 1. The SMILES string of the molecule is COCC(=O)Nc1cccc2cccnc12. The molecule has 0 fully saturated rings. The minimum Gasteiger partial charge on any atom is -0.375 e. The lowest BCUT2D eigenvalue weighted by atomic mass is 10.2. The molecule has 0 aliphatic heterocycles. The Morgan fingerprint density at radius 3 is 3.00 bits per heavy atom. The van der Waals surface area contributed by atoms with Crippen molar-refractivity contribution in [1.82, 2.24) is 4.98 Å². The van der Waals surface area contributed by atoms with E-state index < -0.39 is 0 Å². The van der Waals surface area contributed by atoms with E-state index in [1.54, 1.807) is 6.20 Å². The minimum atomic E-state index is -0.180. The van der Waals surface area contributed by atoms with E-state index in [4.69, 9.17) is 4.74 Å². The lowest BCUT2D eigenvalue weighted by Gasteiger charge is -2.06. The third-order valence-corrected chi connectivity index (χ3v) is 2.18. The monoisotopic (exact) mass is 216 g/mol. The summed E-state index contributed by atoms with van der Waals surface area (Å²) in [5.74, 6) is -0.180. The lowest BCUT2D eigenvalue weighted by Crippen LogP contribution is -2.17. The van der Waals surface area contributed by atoms with Gasteiger partial charge in [0.25, 0.3) is 0 Å². The fourth-order valence-corrected chi connectivity index (χ4v) is 1.52. The molecule has 0 spiro atoms. The molecule has 4 nitrogen and oxygen atoms in total. The average Bonchev–Trinajstić information content (AvgIpc) is 2.30. The Kier molecular flexibility index (Phi) is 3.12. The van der Waals surface area contributed by atoms with Crippen molar-refractivity contribution in [2.45, 2.75) is 0 Å². The first-order valence-corrected chi connectivity index (χ1v) is 4.94. The summed E-state index contributed by atoms with van der Waals surface area (Å²) in [4.78, 5) is 15.6. The van der Waals surface area contributed by atoms with Gasteiger partial charge in [-0.3, -0.25) is 9.78 Å². The van der Waals surface area contributed by atoms with Crippen molar-refractivity contribution < 1.29 is 9.53 Å². The van der Waals surface area contributed by atoms with Gasteiger partial charge in [0.2, 0.25) is 5.91 Å². The second-order valence-corrected chi connectivity index (χ2v) is 3.36. The predicted octanol–water partition coefficient (Wildman–Crippen LogP) is 1.82. The van der Waals surface area contributed by atoms with Gasteiger partial charge in [-0.15, -0.1) is 0 Å². The van der Waals surface area contributed by atoms with E-state index in [0.29, 0.717) is 5.69 Å². The summed E-state index contributed by atoms with van der Waals surface area (Å²) in [6.45, 7) is 0.0449. The van der Waals surface area contributed by atoms with Gasteiger partial charge in [0.1, 0.15) is 6.61 Å². The number of ether oxygens (including phenoxy) is 1. The summed E-state index contributed by atoms with van der Waals surface area (Å²) in [5.41, 5.74) is 1.50. The highest BCUT2D eigenvalue weighted by Gasteiger charge is 2.05. The van der Waals surface area contributed by atoms with E-state index in [2.05, 4.69) is 10.3 Å². The highest BCUT2D eigenvalue weighted by Crippen LogP contribution is 2.20. The van der Waals surface area contributed by atoms with Gasteiger partial charge in [-0.2, -0.15) is 0 Å². The molecule has 2 rings (SSSR count). The molecule has 0 aliphatic rings. The number of amides is 1. The molecule has 1 N–H and O–H groups in total. The Hall–Kier alpha value is -1.94. The maximum Gasteiger partial charge on any atom is 0.250 e. The fourth-order valence-electron chi connectivity index (χ4n) is 1.52. The number of nitrogens with zero attached hydrogens (tertiary/aromatic N) is 1. The van der Waals surface area contributed by atoms with Crippen LogP contribution in [0.25, 0.3) is 10.9 Å². The van der Waals surface area contributed by atoms with Gasteiger partial charge >= 0.3 is 0 Å². The number of carbonyl (C=O) groups is 1. The van der Waals surface area contributed by atoms with Crippen LogP contribution in [0.15, 0.2) is 36.5 Å². The van der Waals surface area contributed by atoms with Gasteiger partial charge in [-0.1, -0.05) is 18.2 Å². The maximum absolute atomic E-state index is 11.4. The van der Waals surface area contributed by atoms with Crippen LogP contribution in [0.4, 0.5) is 5.69 Å². The zero-order valence-electron chi connectivity index (χ0n) is 8.93. The standard InChI is InChI=1S/C12H12N2O2/c1-16-8-11(15)14-10-6-2-4-9-5-3-7-13-12(9)10/h2-7H,8H2,1H3,(H,14,15). The molecule has 1 aromatic heterocycles. The summed E-state index contributed by atoms with van der Waals surface area (Å²) in [6, 6.07) is 9.47. The number of benzene rings is 1. The number of nitrogens with one attached hydrogen (secondary N) is 1. The van der Waals surface area contributed by atoms with Crippen LogP contribution in [-0.2, 0) is 9.53 Å². The van der Waals surface area contributed by atoms with E-state index in [-0.39, 0.29) is 12.5 Å². The first-order chi connectivity index (χ1) is 7.81. The number of para-hydroxylation sites is 1. The highest BCUT2D eigenvalue weighted by atomic mass is 16.5. The van der Waals surface area contributed by atoms with Gasteiger partial charge in [-0.05, 0) is 12.1 Å². The van der Waals surface area contributed by atoms with Crippen LogP contribution in [0.1, 0.15) is 0 Å². The van der Waals surface area contributed by atoms with Crippen LogP contribution < -0.4 is 5.32 Å². The van der Waals surface area contributed by atoms with E-state index in [1.165, 1.54) is 7.11 Å². The Morgan fingerprint density at radius 1 is 1.38 bits per heavy atom. The molecule has 1 amide bonds. The minimum absolute atomic E-state index is 0.0449. The molecule has 16 heavy (non-hydrogen) atoms. The van der Waals surface area contributed by atoms with Crippen molar-refractivity contribution in [2.24, 2.45) is 0 Å². The second kappa shape index (κ2) is 4.72.